The Morgan fingerprint density at radius 1 is 1.18 bits per heavy atom. The van der Waals surface area contributed by atoms with Crippen molar-refractivity contribution in [3.63, 3.8) is 0 Å². The van der Waals surface area contributed by atoms with Crippen LogP contribution < -0.4 is 0 Å². The molecule has 2 heterocycles. The number of carbonyl (C=O) groups excluding carboxylic acids is 1. The van der Waals surface area contributed by atoms with E-state index in [0.717, 1.165) is 70.5 Å². The third-order valence-corrected chi connectivity index (χ3v) is 9.16. The largest absolute Gasteiger partial charge is 0.395 e. The minimum atomic E-state index is -0.902. The van der Waals surface area contributed by atoms with Crippen molar-refractivity contribution in [1.82, 2.24) is 9.88 Å². The van der Waals surface area contributed by atoms with E-state index in [4.69, 9.17) is 0 Å². The summed E-state index contributed by atoms with van der Waals surface area (Å²) in [6.07, 6.45) is 13.9. The summed E-state index contributed by atoms with van der Waals surface area (Å²) in [5.41, 5.74) is 3.11. The van der Waals surface area contributed by atoms with Gasteiger partial charge in [0.15, 0.2) is 17.4 Å². The van der Waals surface area contributed by atoms with Crippen LogP contribution in [0.5, 0.6) is 0 Å². The number of hydrogen-bond donors (Lipinski definition) is 2. The first kappa shape index (κ1) is 30.8. The summed E-state index contributed by atoms with van der Waals surface area (Å²) >= 11 is 1.75. The molecule has 0 spiro atoms. The van der Waals surface area contributed by atoms with E-state index in [1.165, 1.54) is 28.6 Å². The summed E-state index contributed by atoms with van der Waals surface area (Å²) in [6, 6.07) is 11.3. The number of aliphatic hydroxyl groups is 1. The maximum atomic E-state index is 13.6. The zero-order valence-corrected chi connectivity index (χ0v) is 25.5. The van der Waals surface area contributed by atoms with Gasteiger partial charge in [0.25, 0.3) is 0 Å². The fraction of sp³-hybridized carbons (Fsp3) is 0.485. The molecule has 1 aromatic heterocycles. The molecule has 40 heavy (non-hydrogen) atoms. The topological polar surface area (TPSA) is 56.3 Å². The van der Waals surface area contributed by atoms with Crippen molar-refractivity contribution in [2.75, 3.05) is 19.7 Å². The monoisotopic (exact) mass is 662 g/mol. The maximum Gasteiger partial charge on any atom is 0.172 e. The Kier molecular flexibility index (Phi) is 11.7. The Labute approximate surface area is 250 Å². The molecular formula is C33H41F2IN2O2. The van der Waals surface area contributed by atoms with Gasteiger partial charge in [0, 0.05) is 29.6 Å². The zero-order valence-electron chi connectivity index (χ0n) is 23.4. The lowest BCUT2D eigenvalue weighted by molar-refractivity contribution is -0.114. The van der Waals surface area contributed by atoms with Crippen molar-refractivity contribution in [1.29, 1.82) is 0 Å². The van der Waals surface area contributed by atoms with Crippen LogP contribution in [0.25, 0.3) is 17.0 Å². The standard InChI is InChI=1S/C33H41F2IN2O2/c1-2-7-23(8-3-4-9-27(40)13-12-24-19-30(34)33(35)31(36)20-24)18-26(22-39)38-16-14-25(15-17-38)29-21-37-32-11-6-5-10-28(29)32/h5-6,10-13,19-21,23,25-26,37,39H,2-4,7-9,14-18,22H2,1H3/b13-12+. The molecule has 2 unspecified atom stereocenters. The van der Waals surface area contributed by atoms with Gasteiger partial charge in [-0.1, -0.05) is 56.9 Å². The predicted molar refractivity (Wildman–Crippen MR) is 167 cm³/mol. The minimum absolute atomic E-state index is 0.00177. The molecule has 0 bridgehead atoms. The van der Waals surface area contributed by atoms with Gasteiger partial charge >= 0.3 is 0 Å². The fourth-order valence-corrected chi connectivity index (χ4v) is 6.81. The number of para-hydroxylation sites is 1. The van der Waals surface area contributed by atoms with Gasteiger partial charge in [0.1, 0.15) is 0 Å². The van der Waals surface area contributed by atoms with Crippen LogP contribution in [-0.2, 0) is 4.79 Å². The fourth-order valence-electron chi connectivity index (χ4n) is 6.20. The first-order valence-corrected chi connectivity index (χ1v) is 15.7. The molecule has 4 nitrogen and oxygen atoms in total. The Morgan fingerprint density at radius 3 is 2.67 bits per heavy atom. The van der Waals surface area contributed by atoms with Crippen LogP contribution in [-0.4, -0.2) is 46.5 Å². The van der Waals surface area contributed by atoms with Crippen molar-refractivity contribution in [2.45, 2.75) is 76.7 Å². The third kappa shape index (κ3) is 8.23. The number of nitrogens with one attached hydrogen (secondary N) is 1. The third-order valence-electron chi connectivity index (χ3n) is 8.37. The highest BCUT2D eigenvalue weighted by Gasteiger charge is 2.28. The van der Waals surface area contributed by atoms with Crippen LogP contribution in [0.4, 0.5) is 8.78 Å². The molecule has 2 atom stereocenters. The van der Waals surface area contributed by atoms with Crippen LogP contribution in [0.1, 0.15) is 81.8 Å². The van der Waals surface area contributed by atoms with Crippen molar-refractivity contribution >= 4 is 45.4 Å². The zero-order chi connectivity index (χ0) is 28.5. The summed E-state index contributed by atoms with van der Waals surface area (Å²) in [6.45, 7) is 4.41. The maximum absolute atomic E-state index is 13.6. The highest BCUT2D eigenvalue weighted by atomic mass is 127. The lowest BCUT2D eigenvalue weighted by Crippen LogP contribution is -2.44. The number of H-pyrrole nitrogens is 1. The average Bonchev–Trinajstić information content (AvgIpc) is 3.40. The Bertz CT molecular complexity index is 1260. The molecule has 1 fully saturated rings. The number of aromatic nitrogens is 1. The number of halogens is 3. The Hall–Kier alpha value is -2.10. The van der Waals surface area contributed by atoms with Gasteiger partial charge in [-0.3, -0.25) is 9.69 Å². The molecule has 2 aromatic carbocycles. The highest BCUT2D eigenvalue weighted by Crippen LogP contribution is 2.34. The molecule has 0 saturated carbocycles. The summed E-state index contributed by atoms with van der Waals surface area (Å²) < 4.78 is 27.3. The quantitative estimate of drug-likeness (QED) is 0.0792. The first-order valence-electron chi connectivity index (χ1n) is 14.7. The summed E-state index contributed by atoms with van der Waals surface area (Å²) in [5, 5.41) is 11.6. The molecule has 1 saturated heterocycles. The minimum Gasteiger partial charge on any atom is -0.395 e. The number of allylic oxidation sites excluding steroid dienone is 1. The lowest BCUT2D eigenvalue weighted by atomic mass is 9.86. The molecule has 4 rings (SSSR count). The van der Waals surface area contributed by atoms with Crippen molar-refractivity contribution in [3.8, 4) is 0 Å². The van der Waals surface area contributed by atoms with Crippen LogP contribution >= 0.6 is 22.6 Å². The van der Waals surface area contributed by atoms with Crippen LogP contribution in [0, 0.1) is 21.1 Å². The van der Waals surface area contributed by atoms with E-state index >= 15 is 0 Å². The van der Waals surface area contributed by atoms with Gasteiger partial charge in [0.05, 0.1) is 10.2 Å². The van der Waals surface area contributed by atoms with E-state index < -0.39 is 11.6 Å². The highest BCUT2D eigenvalue weighted by molar-refractivity contribution is 14.1. The van der Waals surface area contributed by atoms with Gasteiger partial charge in [-0.05, 0) is 109 Å². The number of fused-ring (bicyclic) bond motifs is 1. The second-order valence-electron chi connectivity index (χ2n) is 11.2. The Morgan fingerprint density at radius 2 is 1.95 bits per heavy atom. The number of rotatable bonds is 14. The number of aromatic amines is 1. The number of benzene rings is 2. The lowest BCUT2D eigenvalue weighted by Gasteiger charge is -2.38. The molecule has 2 N–H and O–H groups in total. The molecule has 3 aromatic rings. The van der Waals surface area contributed by atoms with Gasteiger partial charge < -0.3 is 10.1 Å². The SMILES string of the molecule is CCCC(CCCCC(=O)/C=C/c1cc(F)c(F)c(I)c1)CC(CO)N1CCC(c2c[nH]c3ccccc23)CC1. The number of hydrogen-bond acceptors (Lipinski definition) is 3. The number of carbonyl (C=O) groups is 1. The summed E-state index contributed by atoms with van der Waals surface area (Å²) in [7, 11) is 0. The molecular weight excluding hydrogens is 621 g/mol. The van der Waals surface area contributed by atoms with E-state index in [1.807, 2.05) is 0 Å². The Balaban J connectivity index is 1.22. The van der Waals surface area contributed by atoms with Crippen LogP contribution in [0.3, 0.4) is 0 Å². The van der Waals surface area contributed by atoms with E-state index in [2.05, 4.69) is 47.3 Å². The normalized spacial score (nSPS) is 16.6. The van der Waals surface area contributed by atoms with Gasteiger partial charge in [-0.2, -0.15) is 0 Å². The van der Waals surface area contributed by atoms with Crippen molar-refractivity contribution in [3.05, 3.63) is 75.0 Å². The molecule has 0 aliphatic carbocycles. The molecule has 1 aliphatic rings. The molecule has 1 aliphatic heterocycles. The molecule has 0 amide bonds. The van der Waals surface area contributed by atoms with E-state index in [-0.39, 0.29) is 22.0 Å². The smallest absolute Gasteiger partial charge is 0.172 e. The molecule has 0 radical (unpaired) electrons. The van der Waals surface area contributed by atoms with Crippen LogP contribution in [0.15, 0.2) is 48.7 Å². The number of ketones is 1. The number of likely N-dealkylation sites (tertiary alicyclic amines) is 1. The average molecular weight is 663 g/mol. The first-order chi connectivity index (χ1) is 19.4. The second-order valence-corrected chi connectivity index (χ2v) is 12.3. The molecule has 216 valence electrons. The van der Waals surface area contributed by atoms with E-state index in [1.54, 1.807) is 28.7 Å². The number of aliphatic hydroxyl groups excluding tert-OH is 1. The predicted octanol–water partition coefficient (Wildman–Crippen LogP) is 8.24. The second kappa shape index (κ2) is 15.2. The van der Waals surface area contributed by atoms with Crippen LogP contribution in [0.2, 0.25) is 0 Å². The summed E-state index contributed by atoms with van der Waals surface area (Å²) in [4.78, 5) is 18.2. The molecule has 7 heteroatoms. The van der Waals surface area contributed by atoms with Crippen molar-refractivity contribution < 1.29 is 18.7 Å². The van der Waals surface area contributed by atoms with Gasteiger partial charge in [-0.15, -0.1) is 0 Å². The van der Waals surface area contributed by atoms with Gasteiger partial charge in [-0.25, -0.2) is 8.78 Å². The number of nitrogens with zero attached hydrogens (tertiary/aromatic N) is 1. The van der Waals surface area contributed by atoms with Gasteiger partial charge in [0.2, 0.25) is 0 Å². The van der Waals surface area contributed by atoms with E-state index in [0.29, 0.717) is 23.8 Å². The van der Waals surface area contributed by atoms with E-state index in [9.17, 15) is 18.7 Å². The van der Waals surface area contributed by atoms with Crippen molar-refractivity contribution in [2.24, 2.45) is 5.92 Å². The number of piperidine rings is 1. The summed E-state index contributed by atoms with van der Waals surface area (Å²) in [5.74, 6) is -0.679. The number of unbranched alkanes of at least 4 members (excludes halogenated alkanes) is 1.